The number of nitrogens with one attached hydrogen (secondary N) is 1. The van der Waals surface area contributed by atoms with Crippen LogP contribution in [0.3, 0.4) is 0 Å². The highest BCUT2D eigenvalue weighted by molar-refractivity contribution is 5.51. The summed E-state index contributed by atoms with van der Waals surface area (Å²) in [4.78, 5) is 8.52. The van der Waals surface area contributed by atoms with E-state index in [4.69, 9.17) is 5.84 Å². The molecule has 0 aromatic carbocycles. The second-order valence-electron chi connectivity index (χ2n) is 4.44. The maximum atomic E-state index is 5.50. The standard InChI is InChI=1S/C13H20N6/c1-5-10-8(3)18-19(9(10)4)13-11(6-2)12(17-14)15-7-16-13/h7H,5-6,14H2,1-4H3,(H,15,16,17). The average molecular weight is 260 g/mol. The lowest BCUT2D eigenvalue weighted by atomic mass is 10.1. The van der Waals surface area contributed by atoms with Crippen LogP contribution in [0.15, 0.2) is 6.33 Å². The Labute approximate surface area is 113 Å². The fourth-order valence-electron chi connectivity index (χ4n) is 2.43. The Balaban J connectivity index is 2.65. The molecule has 0 saturated heterocycles. The van der Waals surface area contributed by atoms with Crippen LogP contribution in [0.1, 0.15) is 36.4 Å². The van der Waals surface area contributed by atoms with E-state index < -0.39 is 0 Å². The Hall–Kier alpha value is -1.95. The molecule has 2 rings (SSSR count). The second kappa shape index (κ2) is 5.36. The van der Waals surface area contributed by atoms with E-state index in [1.54, 1.807) is 0 Å². The third-order valence-corrected chi connectivity index (χ3v) is 3.41. The van der Waals surface area contributed by atoms with Gasteiger partial charge in [-0.15, -0.1) is 0 Å². The molecule has 6 heteroatoms. The third kappa shape index (κ3) is 2.19. The van der Waals surface area contributed by atoms with Gasteiger partial charge >= 0.3 is 0 Å². The smallest absolute Gasteiger partial charge is 0.162 e. The molecule has 0 aliphatic heterocycles. The summed E-state index contributed by atoms with van der Waals surface area (Å²) >= 11 is 0. The highest BCUT2D eigenvalue weighted by Crippen LogP contribution is 2.22. The van der Waals surface area contributed by atoms with Gasteiger partial charge in [-0.05, 0) is 32.3 Å². The van der Waals surface area contributed by atoms with Gasteiger partial charge in [-0.3, -0.25) is 0 Å². The van der Waals surface area contributed by atoms with Crippen molar-refractivity contribution in [1.82, 2.24) is 19.7 Å². The van der Waals surface area contributed by atoms with Crippen molar-refractivity contribution >= 4 is 5.82 Å². The molecule has 102 valence electrons. The minimum absolute atomic E-state index is 0.651. The number of aryl methyl sites for hydroxylation is 1. The number of nitrogen functional groups attached to an aromatic ring is 1. The van der Waals surface area contributed by atoms with E-state index in [1.807, 2.05) is 11.6 Å². The van der Waals surface area contributed by atoms with Crippen LogP contribution in [-0.2, 0) is 12.8 Å². The molecule has 0 aliphatic rings. The normalized spacial score (nSPS) is 10.8. The summed E-state index contributed by atoms with van der Waals surface area (Å²) in [6, 6.07) is 0. The first kappa shape index (κ1) is 13.5. The van der Waals surface area contributed by atoms with E-state index in [0.717, 1.165) is 35.6 Å². The zero-order valence-corrected chi connectivity index (χ0v) is 11.9. The first-order valence-corrected chi connectivity index (χ1v) is 6.49. The molecule has 0 fully saturated rings. The van der Waals surface area contributed by atoms with E-state index in [0.29, 0.717) is 5.82 Å². The number of hydrogen-bond donors (Lipinski definition) is 2. The fourth-order valence-corrected chi connectivity index (χ4v) is 2.43. The Kier molecular flexibility index (Phi) is 3.80. The quantitative estimate of drug-likeness (QED) is 0.646. The van der Waals surface area contributed by atoms with E-state index >= 15 is 0 Å². The van der Waals surface area contributed by atoms with Gasteiger partial charge in [0.2, 0.25) is 0 Å². The van der Waals surface area contributed by atoms with E-state index in [1.165, 1.54) is 11.9 Å². The van der Waals surface area contributed by atoms with Crippen molar-refractivity contribution in [3.8, 4) is 5.82 Å². The summed E-state index contributed by atoms with van der Waals surface area (Å²) in [5.41, 5.74) is 7.02. The number of aromatic nitrogens is 4. The molecule has 0 saturated carbocycles. The number of hydrazine groups is 1. The average Bonchev–Trinajstić information content (AvgIpc) is 2.72. The summed E-state index contributed by atoms with van der Waals surface area (Å²) in [6.07, 6.45) is 3.26. The molecular formula is C13H20N6. The summed E-state index contributed by atoms with van der Waals surface area (Å²) in [6.45, 7) is 8.28. The third-order valence-electron chi connectivity index (χ3n) is 3.41. The van der Waals surface area contributed by atoms with Crippen LogP contribution in [0.2, 0.25) is 0 Å². The molecule has 0 atom stereocenters. The highest BCUT2D eigenvalue weighted by Gasteiger charge is 2.16. The van der Waals surface area contributed by atoms with Gasteiger partial charge in [0.15, 0.2) is 5.82 Å². The molecule has 0 amide bonds. The van der Waals surface area contributed by atoms with Gasteiger partial charge in [0.05, 0.1) is 5.69 Å². The number of nitrogens with zero attached hydrogens (tertiary/aromatic N) is 4. The van der Waals surface area contributed by atoms with Crippen molar-refractivity contribution in [2.75, 3.05) is 5.43 Å². The molecule has 2 aromatic heterocycles. The largest absolute Gasteiger partial charge is 0.308 e. The molecule has 6 nitrogen and oxygen atoms in total. The number of rotatable bonds is 4. The lowest BCUT2D eigenvalue weighted by Crippen LogP contribution is -2.15. The fraction of sp³-hybridized carbons (Fsp3) is 0.462. The maximum absolute atomic E-state index is 5.50. The maximum Gasteiger partial charge on any atom is 0.162 e. The summed E-state index contributed by atoms with van der Waals surface area (Å²) in [5.74, 6) is 6.95. The van der Waals surface area contributed by atoms with Crippen molar-refractivity contribution in [3.63, 3.8) is 0 Å². The molecule has 19 heavy (non-hydrogen) atoms. The SMILES string of the molecule is CCc1c(NN)ncnc1-n1nc(C)c(CC)c1C. The number of hydrogen-bond acceptors (Lipinski definition) is 5. The van der Waals surface area contributed by atoms with Crippen molar-refractivity contribution < 1.29 is 0 Å². The molecule has 3 N–H and O–H groups in total. The Morgan fingerprint density at radius 1 is 1.16 bits per heavy atom. The molecule has 0 radical (unpaired) electrons. The first-order valence-electron chi connectivity index (χ1n) is 6.49. The predicted molar refractivity (Wildman–Crippen MR) is 75.2 cm³/mol. The van der Waals surface area contributed by atoms with Crippen molar-refractivity contribution in [3.05, 3.63) is 28.8 Å². The van der Waals surface area contributed by atoms with Crippen LogP contribution < -0.4 is 11.3 Å². The predicted octanol–water partition coefficient (Wildman–Crippen LogP) is 1.69. The molecular weight excluding hydrogens is 240 g/mol. The summed E-state index contributed by atoms with van der Waals surface area (Å²) < 4.78 is 1.88. The van der Waals surface area contributed by atoms with Gasteiger partial charge in [-0.1, -0.05) is 13.8 Å². The summed E-state index contributed by atoms with van der Waals surface area (Å²) in [5, 5.41) is 4.59. The molecule has 2 aromatic rings. The van der Waals surface area contributed by atoms with Gasteiger partial charge in [0.25, 0.3) is 0 Å². The second-order valence-corrected chi connectivity index (χ2v) is 4.44. The zero-order valence-electron chi connectivity index (χ0n) is 11.9. The van der Waals surface area contributed by atoms with Gasteiger partial charge in [0.1, 0.15) is 12.1 Å². The van der Waals surface area contributed by atoms with Crippen LogP contribution >= 0.6 is 0 Å². The molecule has 2 heterocycles. The van der Waals surface area contributed by atoms with E-state index in [2.05, 4.69) is 41.3 Å². The number of nitrogens with two attached hydrogens (primary N) is 1. The van der Waals surface area contributed by atoms with Crippen molar-refractivity contribution in [1.29, 1.82) is 0 Å². The van der Waals surface area contributed by atoms with E-state index in [-0.39, 0.29) is 0 Å². The monoisotopic (exact) mass is 260 g/mol. The molecule has 0 aliphatic carbocycles. The van der Waals surface area contributed by atoms with E-state index in [9.17, 15) is 0 Å². The Morgan fingerprint density at radius 2 is 1.84 bits per heavy atom. The lowest BCUT2D eigenvalue weighted by Gasteiger charge is -2.12. The van der Waals surface area contributed by atoms with Crippen LogP contribution in [-0.4, -0.2) is 19.7 Å². The topological polar surface area (TPSA) is 81.6 Å². The minimum Gasteiger partial charge on any atom is -0.308 e. The van der Waals surface area contributed by atoms with Crippen molar-refractivity contribution in [2.45, 2.75) is 40.5 Å². The Bertz CT molecular complexity index is 587. The number of anilines is 1. The van der Waals surface area contributed by atoms with Gasteiger partial charge in [-0.2, -0.15) is 5.10 Å². The zero-order chi connectivity index (χ0) is 14.0. The first-order chi connectivity index (χ1) is 9.13. The minimum atomic E-state index is 0.651. The van der Waals surface area contributed by atoms with Crippen LogP contribution in [0.4, 0.5) is 5.82 Å². The lowest BCUT2D eigenvalue weighted by molar-refractivity contribution is 0.783. The molecule has 0 bridgehead atoms. The highest BCUT2D eigenvalue weighted by atomic mass is 15.3. The molecule has 0 unspecified atom stereocenters. The van der Waals surface area contributed by atoms with Crippen LogP contribution in [0, 0.1) is 13.8 Å². The van der Waals surface area contributed by atoms with Gasteiger partial charge < -0.3 is 5.43 Å². The van der Waals surface area contributed by atoms with Crippen LogP contribution in [0.5, 0.6) is 0 Å². The molecule has 0 spiro atoms. The van der Waals surface area contributed by atoms with Crippen molar-refractivity contribution in [2.24, 2.45) is 5.84 Å². The van der Waals surface area contributed by atoms with Crippen LogP contribution in [0.25, 0.3) is 5.82 Å². The summed E-state index contributed by atoms with van der Waals surface area (Å²) in [7, 11) is 0. The van der Waals surface area contributed by atoms with Gasteiger partial charge in [0, 0.05) is 11.3 Å². The van der Waals surface area contributed by atoms with Gasteiger partial charge in [-0.25, -0.2) is 20.5 Å². The Morgan fingerprint density at radius 3 is 2.37 bits per heavy atom.